The molecule has 0 atom stereocenters. The molecule has 0 fully saturated rings. The number of hydrogen-bond donors (Lipinski definition) is 3. The molecule has 0 radical (unpaired) electrons. The molecular weight excluding hydrogens is 158 g/mol. The van der Waals surface area contributed by atoms with Gasteiger partial charge in [0, 0.05) is 6.54 Å². The Hall–Kier alpha value is -1.26. The number of benzene rings is 1. The fourth-order valence-electron chi connectivity index (χ4n) is 0.937. The third kappa shape index (κ3) is 1.87. The fraction of sp³-hybridized carbons (Fsp3) is 0.250. The minimum atomic E-state index is 0.0743. The van der Waals surface area contributed by atoms with E-state index in [4.69, 9.17) is 9.94 Å². The monoisotopic (exact) mass is 169 g/mol. The SMILES string of the molecule is COc1ccc(CNO)cc1O. The lowest BCUT2D eigenvalue weighted by molar-refractivity contribution is 0.161. The third-order valence-electron chi connectivity index (χ3n) is 1.53. The minimum Gasteiger partial charge on any atom is -0.504 e. The van der Waals surface area contributed by atoms with Gasteiger partial charge in [0.25, 0.3) is 0 Å². The van der Waals surface area contributed by atoms with Crippen molar-refractivity contribution in [2.24, 2.45) is 0 Å². The van der Waals surface area contributed by atoms with Crippen molar-refractivity contribution in [2.45, 2.75) is 6.54 Å². The summed E-state index contributed by atoms with van der Waals surface area (Å²) >= 11 is 0. The van der Waals surface area contributed by atoms with E-state index >= 15 is 0 Å². The minimum absolute atomic E-state index is 0.0743. The van der Waals surface area contributed by atoms with Crippen LogP contribution in [0, 0.1) is 0 Å². The van der Waals surface area contributed by atoms with Crippen LogP contribution in [0.2, 0.25) is 0 Å². The van der Waals surface area contributed by atoms with Gasteiger partial charge in [-0.05, 0) is 17.7 Å². The molecule has 0 amide bonds. The number of aromatic hydroxyl groups is 1. The van der Waals surface area contributed by atoms with E-state index in [1.807, 2.05) is 5.48 Å². The summed E-state index contributed by atoms with van der Waals surface area (Å²) in [5.41, 5.74) is 2.78. The summed E-state index contributed by atoms with van der Waals surface area (Å²) in [6.07, 6.45) is 0. The predicted octanol–water partition coefficient (Wildman–Crippen LogP) is 0.880. The van der Waals surface area contributed by atoms with E-state index < -0.39 is 0 Å². The Balaban J connectivity index is 2.86. The molecule has 1 rings (SSSR count). The normalized spacial score (nSPS) is 9.83. The van der Waals surface area contributed by atoms with Crippen molar-refractivity contribution in [3.63, 3.8) is 0 Å². The van der Waals surface area contributed by atoms with Crippen LogP contribution in [0.1, 0.15) is 5.56 Å². The first-order valence-electron chi connectivity index (χ1n) is 3.50. The van der Waals surface area contributed by atoms with E-state index in [1.54, 1.807) is 12.1 Å². The lowest BCUT2D eigenvalue weighted by Crippen LogP contribution is -2.05. The molecule has 0 heterocycles. The van der Waals surface area contributed by atoms with Crippen LogP contribution in [0.5, 0.6) is 11.5 Å². The highest BCUT2D eigenvalue weighted by molar-refractivity contribution is 5.41. The molecule has 0 unspecified atom stereocenters. The number of methoxy groups -OCH3 is 1. The van der Waals surface area contributed by atoms with Gasteiger partial charge in [-0.25, -0.2) is 5.48 Å². The first kappa shape index (κ1) is 8.83. The second-order valence-electron chi connectivity index (χ2n) is 2.34. The van der Waals surface area contributed by atoms with Crippen molar-refractivity contribution < 1.29 is 15.1 Å². The standard InChI is InChI=1S/C8H11NO3/c1-12-8-3-2-6(5-9-11)4-7(8)10/h2-4,9-11H,5H2,1H3. The van der Waals surface area contributed by atoms with Crippen LogP contribution in [-0.2, 0) is 6.54 Å². The highest BCUT2D eigenvalue weighted by Gasteiger charge is 2.00. The topological polar surface area (TPSA) is 61.7 Å². The lowest BCUT2D eigenvalue weighted by Gasteiger charge is -2.04. The molecule has 0 saturated carbocycles. The Morgan fingerprint density at radius 3 is 2.75 bits per heavy atom. The molecule has 0 bridgehead atoms. The average Bonchev–Trinajstić information content (AvgIpc) is 2.05. The van der Waals surface area contributed by atoms with Crippen molar-refractivity contribution in [3.8, 4) is 11.5 Å². The number of nitrogens with one attached hydrogen (secondary N) is 1. The van der Waals surface area contributed by atoms with Crippen molar-refractivity contribution in [1.29, 1.82) is 0 Å². The largest absolute Gasteiger partial charge is 0.504 e. The first-order chi connectivity index (χ1) is 5.77. The van der Waals surface area contributed by atoms with Crippen LogP contribution < -0.4 is 10.2 Å². The maximum atomic E-state index is 9.28. The fourth-order valence-corrected chi connectivity index (χ4v) is 0.937. The summed E-state index contributed by atoms with van der Waals surface area (Å²) in [6.45, 7) is 0.303. The highest BCUT2D eigenvalue weighted by atomic mass is 16.5. The Kier molecular flexibility index (Phi) is 2.90. The zero-order chi connectivity index (χ0) is 8.97. The van der Waals surface area contributed by atoms with Gasteiger partial charge in [-0.2, -0.15) is 0 Å². The van der Waals surface area contributed by atoms with Gasteiger partial charge in [0.05, 0.1) is 7.11 Å². The average molecular weight is 169 g/mol. The first-order valence-corrected chi connectivity index (χ1v) is 3.50. The summed E-state index contributed by atoms with van der Waals surface area (Å²) in [7, 11) is 1.49. The van der Waals surface area contributed by atoms with E-state index in [-0.39, 0.29) is 5.75 Å². The van der Waals surface area contributed by atoms with Gasteiger partial charge in [-0.1, -0.05) is 6.07 Å². The number of ether oxygens (including phenoxy) is 1. The predicted molar refractivity (Wildman–Crippen MR) is 43.3 cm³/mol. The maximum Gasteiger partial charge on any atom is 0.160 e. The van der Waals surface area contributed by atoms with E-state index in [1.165, 1.54) is 13.2 Å². The van der Waals surface area contributed by atoms with Crippen molar-refractivity contribution in [3.05, 3.63) is 23.8 Å². The molecular formula is C8H11NO3. The van der Waals surface area contributed by atoms with E-state index in [0.29, 0.717) is 12.3 Å². The van der Waals surface area contributed by atoms with E-state index in [9.17, 15) is 5.11 Å². The number of phenolic OH excluding ortho intramolecular Hbond substituents is 1. The van der Waals surface area contributed by atoms with Gasteiger partial charge in [0.2, 0.25) is 0 Å². The number of hydroxylamine groups is 1. The number of rotatable bonds is 3. The molecule has 4 nitrogen and oxygen atoms in total. The highest BCUT2D eigenvalue weighted by Crippen LogP contribution is 2.25. The summed E-state index contributed by atoms with van der Waals surface area (Å²) in [4.78, 5) is 0. The maximum absolute atomic E-state index is 9.28. The molecule has 0 aromatic heterocycles. The van der Waals surface area contributed by atoms with Crippen LogP contribution in [0.25, 0.3) is 0 Å². The van der Waals surface area contributed by atoms with Crippen LogP contribution in [0.4, 0.5) is 0 Å². The van der Waals surface area contributed by atoms with Crippen LogP contribution in [0.15, 0.2) is 18.2 Å². The molecule has 0 aliphatic heterocycles. The molecule has 4 heteroatoms. The molecule has 1 aromatic rings. The second-order valence-corrected chi connectivity index (χ2v) is 2.34. The van der Waals surface area contributed by atoms with Gasteiger partial charge in [0.15, 0.2) is 11.5 Å². The molecule has 0 aliphatic carbocycles. The van der Waals surface area contributed by atoms with Crippen LogP contribution >= 0.6 is 0 Å². The molecule has 66 valence electrons. The molecule has 3 N–H and O–H groups in total. The smallest absolute Gasteiger partial charge is 0.160 e. The van der Waals surface area contributed by atoms with Gasteiger partial charge >= 0.3 is 0 Å². The quantitative estimate of drug-likeness (QED) is 0.588. The summed E-state index contributed by atoms with van der Waals surface area (Å²) in [5, 5.41) is 17.7. The number of hydrogen-bond acceptors (Lipinski definition) is 4. The molecule has 12 heavy (non-hydrogen) atoms. The van der Waals surface area contributed by atoms with Crippen molar-refractivity contribution in [2.75, 3.05) is 7.11 Å². The molecule has 0 aliphatic rings. The Bertz CT molecular complexity index is 262. The van der Waals surface area contributed by atoms with E-state index in [0.717, 1.165) is 5.56 Å². The molecule has 0 saturated heterocycles. The second kappa shape index (κ2) is 3.94. The molecule has 1 aromatic carbocycles. The van der Waals surface area contributed by atoms with Gasteiger partial charge in [-0.3, -0.25) is 0 Å². The van der Waals surface area contributed by atoms with Gasteiger partial charge < -0.3 is 15.1 Å². The number of phenols is 1. The molecule has 0 spiro atoms. The zero-order valence-corrected chi connectivity index (χ0v) is 6.74. The summed E-state index contributed by atoms with van der Waals surface area (Å²) in [5.74, 6) is 0.502. The summed E-state index contributed by atoms with van der Waals surface area (Å²) in [6, 6.07) is 4.92. The Morgan fingerprint density at radius 1 is 1.50 bits per heavy atom. The van der Waals surface area contributed by atoms with Crippen LogP contribution in [-0.4, -0.2) is 17.4 Å². The van der Waals surface area contributed by atoms with E-state index in [2.05, 4.69) is 0 Å². The van der Waals surface area contributed by atoms with Crippen molar-refractivity contribution >= 4 is 0 Å². The van der Waals surface area contributed by atoms with Crippen molar-refractivity contribution in [1.82, 2.24) is 5.48 Å². The summed E-state index contributed by atoms with van der Waals surface area (Å²) < 4.78 is 4.85. The third-order valence-corrected chi connectivity index (χ3v) is 1.53. The van der Waals surface area contributed by atoms with Gasteiger partial charge in [0.1, 0.15) is 0 Å². The lowest BCUT2D eigenvalue weighted by atomic mass is 10.2. The zero-order valence-electron chi connectivity index (χ0n) is 6.74. The Morgan fingerprint density at radius 2 is 2.25 bits per heavy atom. The van der Waals surface area contributed by atoms with Crippen LogP contribution in [0.3, 0.4) is 0 Å². The Labute approximate surface area is 70.4 Å². The van der Waals surface area contributed by atoms with Gasteiger partial charge in [-0.15, -0.1) is 0 Å².